The highest BCUT2D eigenvalue weighted by atomic mass is 32.1. The normalized spacial score (nSPS) is 11.2. The summed E-state index contributed by atoms with van der Waals surface area (Å²) in [5, 5.41) is 5.41. The van der Waals surface area contributed by atoms with Crippen LogP contribution in [0.2, 0.25) is 0 Å². The van der Waals surface area contributed by atoms with Gasteiger partial charge in [0.25, 0.3) is 0 Å². The van der Waals surface area contributed by atoms with E-state index in [0.717, 1.165) is 26.9 Å². The summed E-state index contributed by atoms with van der Waals surface area (Å²) in [6.07, 6.45) is 5.41. The van der Waals surface area contributed by atoms with Gasteiger partial charge < -0.3 is 4.90 Å². The Hall–Kier alpha value is -2.80. The second-order valence-corrected chi connectivity index (χ2v) is 6.85. The first-order chi connectivity index (χ1) is 12.1. The lowest BCUT2D eigenvalue weighted by Crippen LogP contribution is -2.16. The van der Waals surface area contributed by atoms with E-state index in [1.165, 1.54) is 11.3 Å². The van der Waals surface area contributed by atoms with Crippen LogP contribution in [0, 0.1) is 12.7 Å². The fourth-order valence-corrected chi connectivity index (χ4v) is 3.42. The van der Waals surface area contributed by atoms with Crippen molar-refractivity contribution in [2.24, 2.45) is 0 Å². The molecule has 0 radical (unpaired) electrons. The average molecular weight is 353 g/mol. The van der Waals surface area contributed by atoms with Gasteiger partial charge in [-0.2, -0.15) is 0 Å². The molecule has 4 rings (SSSR count). The smallest absolute Gasteiger partial charge is 0.214 e. The highest BCUT2D eigenvalue weighted by molar-refractivity contribution is 7.20. The van der Waals surface area contributed by atoms with Crippen LogP contribution in [0.1, 0.15) is 11.1 Å². The Labute approximate surface area is 148 Å². The lowest BCUT2D eigenvalue weighted by molar-refractivity contribution is 0.615. The molecule has 3 aromatic heterocycles. The predicted molar refractivity (Wildman–Crippen MR) is 97.3 cm³/mol. The van der Waals surface area contributed by atoms with E-state index in [9.17, 15) is 4.39 Å². The molecule has 25 heavy (non-hydrogen) atoms. The van der Waals surface area contributed by atoms with Gasteiger partial charge in [-0.3, -0.25) is 4.98 Å². The Morgan fingerprint density at radius 1 is 1.28 bits per heavy atom. The van der Waals surface area contributed by atoms with Gasteiger partial charge in [0.15, 0.2) is 0 Å². The Bertz CT molecular complexity index is 993. The summed E-state index contributed by atoms with van der Waals surface area (Å²) in [7, 11) is 1.94. The lowest BCUT2D eigenvalue weighted by atomic mass is 10.1. The molecule has 0 spiro atoms. The molecule has 3 heterocycles. The van der Waals surface area contributed by atoms with Gasteiger partial charge in [0.05, 0.1) is 11.9 Å². The molecule has 4 aromatic rings. The summed E-state index contributed by atoms with van der Waals surface area (Å²) >= 11 is 1.50. The number of benzene rings is 1. The van der Waals surface area contributed by atoms with Crippen molar-refractivity contribution < 1.29 is 4.39 Å². The molecule has 126 valence electrons. The van der Waals surface area contributed by atoms with E-state index in [4.69, 9.17) is 0 Å². The van der Waals surface area contributed by atoms with Gasteiger partial charge in [-0.1, -0.05) is 23.5 Å². The molecule has 0 amide bonds. The quantitative estimate of drug-likeness (QED) is 0.558. The molecule has 0 N–H and O–H groups in total. The van der Waals surface area contributed by atoms with E-state index in [2.05, 4.69) is 15.1 Å². The molecule has 0 fully saturated rings. The van der Waals surface area contributed by atoms with Crippen LogP contribution in [-0.4, -0.2) is 26.6 Å². The highest BCUT2D eigenvalue weighted by Crippen LogP contribution is 2.26. The van der Waals surface area contributed by atoms with Gasteiger partial charge >= 0.3 is 0 Å². The number of aromatic nitrogens is 4. The van der Waals surface area contributed by atoms with Crippen molar-refractivity contribution in [1.82, 2.24) is 19.6 Å². The largest absolute Gasteiger partial charge is 0.345 e. The van der Waals surface area contributed by atoms with E-state index in [-0.39, 0.29) is 5.82 Å². The van der Waals surface area contributed by atoms with E-state index in [1.54, 1.807) is 36.0 Å². The zero-order chi connectivity index (χ0) is 17.4. The summed E-state index contributed by atoms with van der Waals surface area (Å²) in [5.41, 5.74) is 3.38. The molecular formula is C18H16FN5S. The fraction of sp³-hybridized carbons (Fsp3) is 0.167. The highest BCUT2D eigenvalue weighted by Gasteiger charge is 2.13. The standard InChI is InChI=1S/C18H16FN5S/c1-12-5-6-13(8-15(12)19)10-23(2)18-22-24-11-16(21-17(24)25-18)14-4-3-7-20-9-14/h3-9,11H,10H2,1-2H3. The Balaban J connectivity index is 1.57. The number of rotatable bonds is 4. The SMILES string of the molecule is Cc1ccc(CN(C)c2nn3cc(-c4cccnc4)nc3s2)cc1F. The number of anilines is 1. The topological polar surface area (TPSA) is 46.3 Å². The number of imidazole rings is 1. The molecule has 0 aliphatic rings. The number of hydrogen-bond donors (Lipinski definition) is 0. The van der Waals surface area contributed by atoms with Gasteiger partial charge in [0.2, 0.25) is 10.1 Å². The maximum Gasteiger partial charge on any atom is 0.214 e. The van der Waals surface area contributed by atoms with Crippen LogP contribution >= 0.6 is 11.3 Å². The van der Waals surface area contributed by atoms with Gasteiger partial charge in [0.1, 0.15) is 5.82 Å². The molecular weight excluding hydrogens is 337 g/mol. The fourth-order valence-electron chi connectivity index (χ4n) is 2.57. The van der Waals surface area contributed by atoms with E-state index in [0.29, 0.717) is 12.1 Å². The lowest BCUT2D eigenvalue weighted by Gasteiger charge is -2.15. The monoisotopic (exact) mass is 353 g/mol. The van der Waals surface area contributed by atoms with Gasteiger partial charge in [-0.25, -0.2) is 13.9 Å². The first-order valence-electron chi connectivity index (χ1n) is 7.83. The Morgan fingerprint density at radius 2 is 2.16 bits per heavy atom. The van der Waals surface area contributed by atoms with Crippen LogP contribution in [-0.2, 0) is 6.54 Å². The number of nitrogens with zero attached hydrogens (tertiary/aromatic N) is 5. The predicted octanol–water partition coefficient (Wildman–Crippen LogP) is 3.94. The summed E-state index contributed by atoms with van der Waals surface area (Å²) in [4.78, 5) is 11.5. The van der Waals surface area contributed by atoms with Crippen molar-refractivity contribution >= 4 is 21.4 Å². The zero-order valence-electron chi connectivity index (χ0n) is 13.8. The van der Waals surface area contributed by atoms with Crippen molar-refractivity contribution in [3.63, 3.8) is 0 Å². The van der Waals surface area contributed by atoms with Crippen LogP contribution in [0.5, 0.6) is 0 Å². The number of aryl methyl sites for hydroxylation is 1. The minimum Gasteiger partial charge on any atom is -0.345 e. The third-order valence-electron chi connectivity index (χ3n) is 3.97. The number of pyridine rings is 1. The second-order valence-electron chi connectivity index (χ2n) is 5.92. The van der Waals surface area contributed by atoms with Gasteiger partial charge in [-0.05, 0) is 36.2 Å². The molecule has 7 heteroatoms. The second kappa shape index (κ2) is 6.25. The van der Waals surface area contributed by atoms with E-state index >= 15 is 0 Å². The molecule has 5 nitrogen and oxygen atoms in total. The zero-order valence-corrected chi connectivity index (χ0v) is 14.7. The Morgan fingerprint density at radius 3 is 2.88 bits per heavy atom. The van der Waals surface area contributed by atoms with Gasteiger partial charge in [-0.15, -0.1) is 5.10 Å². The van der Waals surface area contributed by atoms with Crippen molar-refractivity contribution in [2.45, 2.75) is 13.5 Å². The first-order valence-corrected chi connectivity index (χ1v) is 8.64. The summed E-state index contributed by atoms with van der Waals surface area (Å²) in [6.45, 7) is 2.35. The van der Waals surface area contributed by atoms with Crippen molar-refractivity contribution in [3.05, 3.63) is 65.9 Å². The molecule has 0 unspecified atom stereocenters. The number of hydrogen-bond acceptors (Lipinski definition) is 5. The molecule has 0 aliphatic carbocycles. The summed E-state index contributed by atoms with van der Waals surface area (Å²) < 4.78 is 15.5. The third-order valence-corrected chi connectivity index (χ3v) is 5.01. The molecule has 0 saturated heterocycles. The van der Waals surface area contributed by atoms with Crippen LogP contribution in [0.3, 0.4) is 0 Å². The maximum atomic E-state index is 13.7. The minimum absolute atomic E-state index is 0.180. The van der Waals surface area contributed by atoms with Crippen LogP contribution in [0.15, 0.2) is 48.9 Å². The van der Waals surface area contributed by atoms with E-state index < -0.39 is 0 Å². The van der Waals surface area contributed by atoms with Crippen molar-refractivity contribution in [2.75, 3.05) is 11.9 Å². The minimum atomic E-state index is -0.180. The van der Waals surface area contributed by atoms with Crippen LogP contribution in [0.4, 0.5) is 9.52 Å². The summed E-state index contributed by atoms with van der Waals surface area (Å²) in [5.74, 6) is -0.180. The van der Waals surface area contributed by atoms with Crippen LogP contribution in [0.25, 0.3) is 16.2 Å². The molecule has 1 aromatic carbocycles. The van der Waals surface area contributed by atoms with E-state index in [1.807, 2.05) is 36.3 Å². The molecule has 0 aliphatic heterocycles. The average Bonchev–Trinajstić information content (AvgIpc) is 3.18. The van der Waals surface area contributed by atoms with Crippen molar-refractivity contribution in [1.29, 1.82) is 0 Å². The molecule has 0 saturated carbocycles. The molecule has 0 atom stereocenters. The molecule has 0 bridgehead atoms. The van der Waals surface area contributed by atoms with Crippen LogP contribution < -0.4 is 4.90 Å². The maximum absolute atomic E-state index is 13.7. The van der Waals surface area contributed by atoms with Crippen molar-refractivity contribution in [3.8, 4) is 11.3 Å². The number of halogens is 1. The number of fused-ring (bicyclic) bond motifs is 1. The summed E-state index contributed by atoms with van der Waals surface area (Å²) in [6, 6.07) is 9.17. The third kappa shape index (κ3) is 3.10. The Kier molecular flexibility index (Phi) is 3.93. The first kappa shape index (κ1) is 15.7. The van der Waals surface area contributed by atoms with Gasteiger partial charge in [0, 0.05) is 31.5 Å².